The van der Waals surface area contributed by atoms with Crippen LogP contribution in [0.25, 0.3) is 0 Å². The Morgan fingerprint density at radius 2 is 1.73 bits per heavy atom. The van der Waals surface area contributed by atoms with Crippen molar-refractivity contribution in [1.29, 1.82) is 0 Å². The molecule has 26 heavy (non-hydrogen) atoms. The number of Topliss-reactive ketones (excluding diaryl/α,β-unsaturated/α-hetero) is 1. The highest BCUT2D eigenvalue weighted by Gasteiger charge is 2.40. The highest BCUT2D eigenvalue weighted by atomic mass is 19.4. The van der Waals surface area contributed by atoms with E-state index in [0.717, 1.165) is 12.1 Å². The Labute approximate surface area is 148 Å². The molecule has 1 unspecified atom stereocenters. The van der Waals surface area contributed by atoms with Crippen molar-refractivity contribution in [3.05, 3.63) is 34.9 Å². The summed E-state index contributed by atoms with van der Waals surface area (Å²) < 4.78 is 48.2. The molecule has 1 aliphatic rings. The second-order valence-electron chi connectivity index (χ2n) is 5.93. The van der Waals surface area contributed by atoms with Crippen LogP contribution < -0.4 is 0 Å². The van der Waals surface area contributed by atoms with Crippen molar-refractivity contribution in [2.45, 2.75) is 32.9 Å². The summed E-state index contributed by atoms with van der Waals surface area (Å²) in [5.41, 5.74) is -0.451. The number of ketones is 1. The molecule has 1 atom stereocenters. The minimum Gasteiger partial charge on any atom is -0.465 e. The number of hydrogen-bond donors (Lipinski definition) is 0. The number of rotatable bonds is 6. The number of alkyl halides is 3. The summed E-state index contributed by atoms with van der Waals surface area (Å²) in [7, 11) is 0. The minimum absolute atomic E-state index is 0.0173. The number of halogens is 3. The lowest BCUT2D eigenvalue weighted by atomic mass is 9.91. The zero-order valence-corrected chi connectivity index (χ0v) is 14.4. The van der Waals surface area contributed by atoms with Crippen molar-refractivity contribution in [2.75, 3.05) is 13.2 Å². The minimum atomic E-state index is -4.55. The first kappa shape index (κ1) is 19.9. The quantitative estimate of drug-likeness (QED) is 0.567. The van der Waals surface area contributed by atoms with Gasteiger partial charge in [0.2, 0.25) is 0 Å². The van der Waals surface area contributed by atoms with Gasteiger partial charge in [-0.15, -0.1) is 0 Å². The van der Waals surface area contributed by atoms with Gasteiger partial charge in [0.05, 0.1) is 18.8 Å². The number of esters is 2. The summed E-state index contributed by atoms with van der Waals surface area (Å²) >= 11 is 0. The fourth-order valence-electron chi connectivity index (χ4n) is 2.99. The van der Waals surface area contributed by atoms with E-state index in [1.807, 2.05) is 0 Å². The molecular formula is C18H19F3O5. The van der Waals surface area contributed by atoms with Gasteiger partial charge in [-0.2, -0.15) is 13.2 Å². The van der Waals surface area contributed by atoms with Crippen LogP contribution in [0.2, 0.25) is 0 Å². The molecule has 2 rings (SSSR count). The third-order valence-electron chi connectivity index (χ3n) is 4.20. The van der Waals surface area contributed by atoms with E-state index in [2.05, 4.69) is 0 Å². The van der Waals surface area contributed by atoms with Gasteiger partial charge in [0, 0.05) is 11.5 Å². The molecule has 0 N–H and O–H groups in total. The molecule has 0 saturated carbocycles. The molecule has 1 aromatic carbocycles. The molecule has 0 amide bonds. The lowest BCUT2D eigenvalue weighted by Gasteiger charge is -2.17. The predicted molar refractivity (Wildman–Crippen MR) is 84.3 cm³/mol. The molecular weight excluding hydrogens is 353 g/mol. The number of ether oxygens (including phenoxy) is 2. The topological polar surface area (TPSA) is 69.7 Å². The van der Waals surface area contributed by atoms with Gasteiger partial charge in [0.25, 0.3) is 0 Å². The highest BCUT2D eigenvalue weighted by molar-refractivity contribution is 6.03. The van der Waals surface area contributed by atoms with Crippen LogP contribution in [0.5, 0.6) is 0 Å². The van der Waals surface area contributed by atoms with Gasteiger partial charge in [-0.3, -0.25) is 14.4 Å². The normalized spacial score (nSPS) is 16.5. The van der Waals surface area contributed by atoms with Crippen molar-refractivity contribution in [2.24, 2.45) is 11.8 Å². The van der Waals surface area contributed by atoms with E-state index in [0.29, 0.717) is 5.56 Å². The molecule has 0 fully saturated rings. The Balaban J connectivity index is 2.21. The van der Waals surface area contributed by atoms with Gasteiger partial charge in [-0.25, -0.2) is 0 Å². The SMILES string of the molecule is CCOC(=O)C(CC1Cc2ccc(C(F)(F)F)cc2C1=O)C(=O)OCC. The summed E-state index contributed by atoms with van der Waals surface area (Å²) in [4.78, 5) is 36.6. The van der Waals surface area contributed by atoms with E-state index in [1.165, 1.54) is 6.07 Å². The van der Waals surface area contributed by atoms with E-state index < -0.39 is 41.3 Å². The molecule has 1 aliphatic carbocycles. The maximum absolute atomic E-state index is 12.8. The van der Waals surface area contributed by atoms with E-state index in [4.69, 9.17) is 9.47 Å². The highest BCUT2D eigenvalue weighted by Crippen LogP contribution is 2.36. The number of fused-ring (bicyclic) bond motifs is 1. The maximum Gasteiger partial charge on any atom is 0.416 e. The van der Waals surface area contributed by atoms with E-state index in [9.17, 15) is 27.6 Å². The lowest BCUT2D eigenvalue weighted by molar-refractivity contribution is -0.162. The molecule has 5 nitrogen and oxygen atoms in total. The van der Waals surface area contributed by atoms with Gasteiger partial charge in [-0.1, -0.05) is 6.07 Å². The molecule has 142 valence electrons. The summed E-state index contributed by atoms with van der Waals surface area (Å²) in [6.45, 7) is 3.27. The van der Waals surface area contributed by atoms with Crippen molar-refractivity contribution in [1.82, 2.24) is 0 Å². The van der Waals surface area contributed by atoms with Gasteiger partial charge < -0.3 is 9.47 Å². The van der Waals surface area contributed by atoms with Gasteiger partial charge >= 0.3 is 18.1 Å². The number of hydrogen-bond acceptors (Lipinski definition) is 5. The summed E-state index contributed by atoms with van der Waals surface area (Å²) in [5, 5.41) is 0. The monoisotopic (exact) mass is 372 g/mol. The van der Waals surface area contributed by atoms with Gasteiger partial charge in [-0.05, 0) is 44.4 Å². The number of carbonyl (C=O) groups is 3. The molecule has 0 saturated heterocycles. The first-order valence-electron chi connectivity index (χ1n) is 8.26. The van der Waals surface area contributed by atoms with Crippen molar-refractivity contribution >= 4 is 17.7 Å². The van der Waals surface area contributed by atoms with Crippen LogP contribution >= 0.6 is 0 Å². The number of carbonyl (C=O) groups excluding carboxylic acids is 3. The van der Waals surface area contributed by atoms with Crippen molar-refractivity contribution in [3.8, 4) is 0 Å². The fraction of sp³-hybridized carbons (Fsp3) is 0.500. The molecule has 0 bridgehead atoms. The molecule has 0 spiro atoms. The number of benzene rings is 1. The van der Waals surface area contributed by atoms with Crippen LogP contribution in [0.4, 0.5) is 13.2 Å². The zero-order valence-electron chi connectivity index (χ0n) is 14.4. The molecule has 0 aromatic heterocycles. The maximum atomic E-state index is 12.8. The standard InChI is InChI=1S/C18H19F3O5/c1-3-25-16(23)14(17(24)26-4-2)8-11-7-10-5-6-12(18(19,20)21)9-13(10)15(11)22/h5-6,9,11,14H,3-4,7-8H2,1-2H3. The van der Waals surface area contributed by atoms with E-state index in [1.54, 1.807) is 13.8 Å². The van der Waals surface area contributed by atoms with Crippen LogP contribution in [-0.2, 0) is 31.7 Å². The second-order valence-corrected chi connectivity index (χ2v) is 5.93. The van der Waals surface area contributed by atoms with E-state index >= 15 is 0 Å². The van der Waals surface area contributed by atoms with Crippen LogP contribution in [0.3, 0.4) is 0 Å². The Hall–Kier alpha value is -2.38. The zero-order chi connectivity index (χ0) is 19.5. The van der Waals surface area contributed by atoms with Crippen molar-refractivity contribution in [3.63, 3.8) is 0 Å². The van der Waals surface area contributed by atoms with Crippen LogP contribution in [0.1, 0.15) is 41.8 Å². The predicted octanol–water partition coefficient (Wildman–Crippen LogP) is 3.19. The largest absolute Gasteiger partial charge is 0.465 e. The molecule has 1 aromatic rings. The van der Waals surface area contributed by atoms with Gasteiger partial charge in [0.1, 0.15) is 0 Å². The van der Waals surface area contributed by atoms with Crippen LogP contribution in [0, 0.1) is 11.8 Å². The Morgan fingerprint density at radius 1 is 1.15 bits per heavy atom. The van der Waals surface area contributed by atoms with E-state index in [-0.39, 0.29) is 31.6 Å². The average molecular weight is 372 g/mol. The third kappa shape index (κ3) is 4.23. The van der Waals surface area contributed by atoms with Crippen LogP contribution in [-0.4, -0.2) is 30.9 Å². The Kier molecular flexibility index (Phi) is 6.05. The van der Waals surface area contributed by atoms with Gasteiger partial charge in [0.15, 0.2) is 11.7 Å². The Bertz CT molecular complexity index is 693. The molecule has 0 radical (unpaired) electrons. The first-order valence-corrected chi connectivity index (χ1v) is 8.26. The summed E-state index contributed by atoms with van der Waals surface area (Å²) in [6, 6.07) is 3.00. The fourth-order valence-corrected chi connectivity index (χ4v) is 2.99. The molecule has 8 heteroatoms. The van der Waals surface area contributed by atoms with Crippen molar-refractivity contribution < 1.29 is 37.0 Å². The summed E-state index contributed by atoms with van der Waals surface area (Å²) in [6.07, 6.45) is -4.54. The second kappa shape index (κ2) is 7.88. The first-order chi connectivity index (χ1) is 12.2. The molecule has 0 aliphatic heterocycles. The lowest BCUT2D eigenvalue weighted by Crippen LogP contribution is -2.31. The average Bonchev–Trinajstić information content (AvgIpc) is 2.87. The van der Waals surface area contributed by atoms with Crippen LogP contribution in [0.15, 0.2) is 18.2 Å². The Morgan fingerprint density at radius 3 is 2.23 bits per heavy atom. The molecule has 0 heterocycles. The summed E-state index contributed by atoms with van der Waals surface area (Å²) in [5.74, 6) is -4.16. The smallest absolute Gasteiger partial charge is 0.416 e. The third-order valence-corrected chi connectivity index (χ3v) is 4.20.